The van der Waals surface area contributed by atoms with Crippen LogP contribution in [0.4, 0.5) is 0 Å². The molecule has 0 aliphatic rings. The Labute approximate surface area is 195 Å². The van der Waals surface area contributed by atoms with Crippen molar-refractivity contribution in [1.82, 2.24) is 0 Å². The molecule has 0 atom stereocenters. The third-order valence-corrected chi connectivity index (χ3v) is 9.48. The predicted molar refractivity (Wildman–Crippen MR) is 130 cm³/mol. The molecular formula is C26H40O5Si. The van der Waals surface area contributed by atoms with Crippen molar-refractivity contribution >= 4 is 20.3 Å². The summed E-state index contributed by atoms with van der Waals surface area (Å²) < 4.78 is 17.0. The molecule has 0 spiro atoms. The number of carbonyl (C=O) groups is 2. The Morgan fingerprint density at radius 1 is 0.844 bits per heavy atom. The first-order valence-electron chi connectivity index (χ1n) is 11.0. The fourth-order valence-electron chi connectivity index (χ4n) is 2.26. The zero-order valence-corrected chi connectivity index (χ0v) is 22.6. The van der Waals surface area contributed by atoms with Crippen molar-refractivity contribution in [3.63, 3.8) is 0 Å². The standard InChI is InChI=1S/C26H40O5Si/c1-24(2,3)30-22(27)21(23(28)31-25(4,5)6)17-16-19-12-14-20(15-13-19)18-29-32(10,11)26(7,8)9/h12-15,21H,18H2,1-11H3. The lowest BCUT2D eigenvalue weighted by atomic mass is 10.1. The van der Waals surface area contributed by atoms with Crippen molar-refractivity contribution in [2.45, 2.75) is 98.3 Å². The zero-order valence-electron chi connectivity index (χ0n) is 21.6. The van der Waals surface area contributed by atoms with E-state index in [9.17, 15) is 9.59 Å². The molecule has 6 heteroatoms. The first-order chi connectivity index (χ1) is 14.3. The Morgan fingerprint density at radius 2 is 1.28 bits per heavy atom. The molecule has 1 aromatic carbocycles. The van der Waals surface area contributed by atoms with Crippen LogP contribution in [0.2, 0.25) is 18.1 Å². The van der Waals surface area contributed by atoms with Crippen molar-refractivity contribution in [2.24, 2.45) is 5.92 Å². The Kier molecular flexibility index (Phi) is 8.92. The second-order valence-corrected chi connectivity index (χ2v) is 16.3. The average Bonchev–Trinajstić information content (AvgIpc) is 2.57. The summed E-state index contributed by atoms with van der Waals surface area (Å²) >= 11 is 0. The Bertz CT molecular complexity index is 825. The first-order valence-corrected chi connectivity index (χ1v) is 13.9. The van der Waals surface area contributed by atoms with Gasteiger partial charge in [0.25, 0.3) is 0 Å². The number of hydrogen-bond donors (Lipinski definition) is 0. The molecule has 0 saturated heterocycles. The molecule has 1 aromatic rings. The molecule has 0 fully saturated rings. The van der Waals surface area contributed by atoms with Gasteiger partial charge in [0, 0.05) is 5.56 Å². The molecule has 5 nitrogen and oxygen atoms in total. The zero-order chi connectivity index (χ0) is 25.0. The molecular weight excluding hydrogens is 420 g/mol. The van der Waals surface area contributed by atoms with Crippen molar-refractivity contribution < 1.29 is 23.5 Å². The fraction of sp³-hybridized carbons (Fsp3) is 0.615. The van der Waals surface area contributed by atoms with Gasteiger partial charge in [0.2, 0.25) is 5.92 Å². The highest BCUT2D eigenvalue weighted by atomic mass is 28.4. The molecule has 0 heterocycles. The van der Waals surface area contributed by atoms with Crippen LogP contribution in [-0.4, -0.2) is 31.5 Å². The highest BCUT2D eigenvalue weighted by Gasteiger charge is 2.37. The summed E-state index contributed by atoms with van der Waals surface area (Å²) in [7, 11) is -1.83. The Balaban J connectivity index is 3.01. The molecule has 0 bridgehead atoms. The van der Waals surface area contributed by atoms with Crippen molar-refractivity contribution in [2.75, 3.05) is 0 Å². The minimum Gasteiger partial charge on any atom is -0.459 e. The van der Waals surface area contributed by atoms with Crippen LogP contribution in [0.25, 0.3) is 0 Å². The molecule has 0 saturated carbocycles. The molecule has 0 aliphatic carbocycles. The van der Waals surface area contributed by atoms with E-state index in [4.69, 9.17) is 13.9 Å². The van der Waals surface area contributed by atoms with Gasteiger partial charge in [-0.1, -0.05) is 44.7 Å². The van der Waals surface area contributed by atoms with Gasteiger partial charge in [-0.2, -0.15) is 0 Å². The van der Waals surface area contributed by atoms with Crippen LogP contribution in [0.5, 0.6) is 0 Å². The lowest BCUT2D eigenvalue weighted by molar-refractivity contribution is -0.171. The number of hydrogen-bond acceptors (Lipinski definition) is 5. The monoisotopic (exact) mass is 460 g/mol. The van der Waals surface area contributed by atoms with E-state index in [2.05, 4.69) is 45.7 Å². The number of esters is 2. The average molecular weight is 461 g/mol. The van der Waals surface area contributed by atoms with E-state index < -0.39 is 37.4 Å². The molecule has 0 unspecified atom stereocenters. The molecule has 0 N–H and O–H groups in total. The van der Waals surface area contributed by atoms with Gasteiger partial charge in [0.05, 0.1) is 6.61 Å². The van der Waals surface area contributed by atoms with Crippen LogP contribution >= 0.6 is 0 Å². The highest BCUT2D eigenvalue weighted by molar-refractivity contribution is 6.74. The lowest BCUT2D eigenvalue weighted by Gasteiger charge is -2.36. The van der Waals surface area contributed by atoms with Gasteiger partial charge >= 0.3 is 11.9 Å². The maximum absolute atomic E-state index is 12.6. The fourth-order valence-corrected chi connectivity index (χ4v) is 3.22. The molecule has 1 rings (SSSR count). The van der Waals surface area contributed by atoms with Gasteiger partial charge in [0.1, 0.15) is 11.2 Å². The van der Waals surface area contributed by atoms with Crippen LogP contribution in [0.3, 0.4) is 0 Å². The number of benzene rings is 1. The maximum atomic E-state index is 12.6. The summed E-state index contributed by atoms with van der Waals surface area (Å²) in [4.78, 5) is 25.2. The van der Waals surface area contributed by atoms with Crippen molar-refractivity contribution in [3.8, 4) is 11.8 Å². The normalized spacial score (nSPS) is 12.8. The molecule has 0 aromatic heterocycles. The van der Waals surface area contributed by atoms with Gasteiger partial charge in [-0.05, 0) is 77.4 Å². The largest absolute Gasteiger partial charge is 0.459 e. The van der Waals surface area contributed by atoms with Crippen molar-refractivity contribution in [1.29, 1.82) is 0 Å². The van der Waals surface area contributed by atoms with Gasteiger partial charge in [-0.15, -0.1) is 0 Å². The lowest BCUT2D eigenvalue weighted by Crippen LogP contribution is -2.40. The first kappa shape index (κ1) is 27.9. The van der Waals surface area contributed by atoms with E-state index in [1.165, 1.54) is 0 Å². The number of ether oxygens (including phenoxy) is 2. The molecule has 178 valence electrons. The van der Waals surface area contributed by atoms with E-state index >= 15 is 0 Å². The summed E-state index contributed by atoms with van der Waals surface area (Å²) in [6.45, 7) is 22.1. The summed E-state index contributed by atoms with van der Waals surface area (Å²) in [5, 5.41) is 0.150. The van der Waals surface area contributed by atoms with Crippen LogP contribution < -0.4 is 0 Å². The van der Waals surface area contributed by atoms with Gasteiger partial charge in [-0.25, -0.2) is 0 Å². The molecule has 0 radical (unpaired) electrons. The van der Waals surface area contributed by atoms with Crippen molar-refractivity contribution in [3.05, 3.63) is 35.4 Å². The maximum Gasteiger partial charge on any atom is 0.333 e. The van der Waals surface area contributed by atoms with E-state index in [-0.39, 0.29) is 5.04 Å². The summed E-state index contributed by atoms with van der Waals surface area (Å²) in [6, 6.07) is 7.62. The Hall–Kier alpha value is -2.10. The van der Waals surface area contributed by atoms with E-state index in [1.54, 1.807) is 41.5 Å². The number of rotatable bonds is 5. The quantitative estimate of drug-likeness (QED) is 0.238. The SMILES string of the molecule is CC(C)(C)OC(=O)C(C#Cc1ccc(CO[Si](C)(C)C(C)(C)C)cc1)C(=O)OC(C)(C)C. The topological polar surface area (TPSA) is 61.8 Å². The Morgan fingerprint density at radius 3 is 1.66 bits per heavy atom. The van der Waals surface area contributed by atoms with Crippen LogP contribution in [0.15, 0.2) is 24.3 Å². The second-order valence-electron chi connectivity index (χ2n) is 11.5. The van der Waals surface area contributed by atoms with E-state index in [0.717, 1.165) is 5.56 Å². The van der Waals surface area contributed by atoms with Gasteiger partial charge < -0.3 is 13.9 Å². The van der Waals surface area contributed by atoms with Crippen LogP contribution in [-0.2, 0) is 30.1 Å². The minimum atomic E-state index is -1.83. The van der Waals surface area contributed by atoms with E-state index in [1.807, 2.05) is 24.3 Å². The summed E-state index contributed by atoms with van der Waals surface area (Å²) in [5.74, 6) is 2.94. The predicted octanol–water partition coefficient (Wildman–Crippen LogP) is 5.86. The smallest absolute Gasteiger partial charge is 0.333 e. The summed E-state index contributed by atoms with van der Waals surface area (Å²) in [6.07, 6.45) is 0. The third-order valence-electron chi connectivity index (χ3n) is 5.01. The third kappa shape index (κ3) is 9.58. The number of carbonyl (C=O) groups excluding carboxylic acids is 2. The molecule has 0 aliphatic heterocycles. The van der Waals surface area contributed by atoms with Gasteiger partial charge in [0.15, 0.2) is 8.32 Å². The van der Waals surface area contributed by atoms with Gasteiger partial charge in [-0.3, -0.25) is 9.59 Å². The van der Waals surface area contributed by atoms with E-state index in [0.29, 0.717) is 12.2 Å². The second kappa shape index (κ2) is 10.2. The summed E-state index contributed by atoms with van der Waals surface area (Å²) in [5.41, 5.74) is 0.282. The van der Waals surface area contributed by atoms with Crippen LogP contribution in [0.1, 0.15) is 73.4 Å². The molecule has 0 amide bonds. The minimum absolute atomic E-state index is 0.150. The van der Waals surface area contributed by atoms with Crippen LogP contribution in [0, 0.1) is 17.8 Å². The highest BCUT2D eigenvalue weighted by Crippen LogP contribution is 2.37. The molecule has 32 heavy (non-hydrogen) atoms.